The normalized spacial score (nSPS) is 10.6. The zero-order chi connectivity index (χ0) is 18.1. The number of hydrogen-bond acceptors (Lipinski definition) is 5. The maximum Gasteiger partial charge on any atom is 0.142 e. The summed E-state index contributed by atoms with van der Waals surface area (Å²) in [5, 5.41) is 13.7. The van der Waals surface area contributed by atoms with Crippen LogP contribution in [0.25, 0.3) is 28.3 Å². The molecular formula is C19H12FN5O. The van der Waals surface area contributed by atoms with Crippen LogP contribution in [0.15, 0.2) is 65.5 Å². The van der Waals surface area contributed by atoms with Crippen LogP contribution in [0.5, 0.6) is 0 Å². The maximum atomic E-state index is 13.1. The van der Waals surface area contributed by atoms with E-state index in [-0.39, 0.29) is 17.2 Å². The Hall–Kier alpha value is -3.92. The van der Waals surface area contributed by atoms with Crippen molar-refractivity contribution in [1.82, 2.24) is 14.8 Å². The van der Waals surface area contributed by atoms with Crippen LogP contribution in [0.2, 0.25) is 0 Å². The van der Waals surface area contributed by atoms with E-state index in [0.29, 0.717) is 28.3 Å². The molecule has 26 heavy (non-hydrogen) atoms. The van der Waals surface area contributed by atoms with Gasteiger partial charge in [0.25, 0.3) is 0 Å². The Labute approximate surface area is 147 Å². The average Bonchev–Trinajstić information content (AvgIpc) is 3.34. The highest BCUT2D eigenvalue weighted by Crippen LogP contribution is 2.31. The van der Waals surface area contributed by atoms with Crippen molar-refractivity contribution in [2.45, 2.75) is 0 Å². The van der Waals surface area contributed by atoms with Gasteiger partial charge in [-0.3, -0.25) is 0 Å². The number of benzene rings is 1. The Kier molecular flexibility index (Phi) is 3.71. The van der Waals surface area contributed by atoms with E-state index in [9.17, 15) is 9.65 Å². The molecule has 0 unspecified atom stereocenters. The molecule has 4 rings (SSSR count). The third kappa shape index (κ3) is 2.70. The van der Waals surface area contributed by atoms with Gasteiger partial charge in [0, 0.05) is 17.3 Å². The highest BCUT2D eigenvalue weighted by Gasteiger charge is 2.16. The first-order chi connectivity index (χ1) is 12.7. The second-order valence-corrected chi connectivity index (χ2v) is 5.55. The summed E-state index contributed by atoms with van der Waals surface area (Å²) in [5.41, 5.74) is 8.77. The summed E-state index contributed by atoms with van der Waals surface area (Å²) in [5.74, 6) is 0.333. The van der Waals surface area contributed by atoms with E-state index in [1.165, 1.54) is 18.4 Å². The van der Waals surface area contributed by atoms with Gasteiger partial charge in [0.05, 0.1) is 23.8 Å². The fourth-order valence-corrected chi connectivity index (χ4v) is 2.65. The van der Waals surface area contributed by atoms with Crippen LogP contribution in [0, 0.1) is 17.1 Å². The minimum absolute atomic E-state index is 0.117. The minimum atomic E-state index is -0.314. The lowest BCUT2D eigenvalue weighted by Crippen LogP contribution is -1.99. The molecular weight excluding hydrogens is 333 g/mol. The van der Waals surface area contributed by atoms with Crippen molar-refractivity contribution in [3.8, 4) is 34.3 Å². The number of nitrogen functional groups attached to an aromatic ring is 1. The molecule has 0 aliphatic carbocycles. The minimum Gasteiger partial charge on any atom is -0.464 e. The van der Waals surface area contributed by atoms with Crippen LogP contribution in [-0.2, 0) is 0 Å². The summed E-state index contributed by atoms with van der Waals surface area (Å²) >= 11 is 0. The summed E-state index contributed by atoms with van der Waals surface area (Å²) in [6.45, 7) is 0. The number of furan rings is 1. The molecule has 3 heterocycles. The Morgan fingerprint density at radius 1 is 1.19 bits per heavy atom. The zero-order valence-electron chi connectivity index (χ0n) is 13.4. The Balaban J connectivity index is 1.80. The van der Waals surface area contributed by atoms with Crippen molar-refractivity contribution in [2.75, 3.05) is 5.73 Å². The van der Waals surface area contributed by atoms with Gasteiger partial charge in [-0.15, -0.1) is 0 Å². The number of halogens is 1. The van der Waals surface area contributed by atoms with Crippen molar-refractivity contribution in [3.63, 3.8) is 0 Å². The van der Waals surface area contributed by atoms with Gasteiger partial charge in [0.2, 0.25) is 0 Å². The van der Waals surface area contributed by atoms with Gasteiger partial charge in [-0.25, -0.2) is 14.1 Å². The van der Waals surface area contributed by atoms with Crippen LogP contribution in [0.3, 0.4) is 0 Å². The smallest absolute Gasteiger partial charge is 0.142 e. The average molecular weight is 345 g/mol. The lowest BCUT2D eigenvalue weighted by molar-refractivity contribution is 0.582. The van der Waals surface area contributed by atoms with Gasteiger partial charge in [0.15, 0.2) is 0 Å². The number of nitrogens with zero attached hydrogens (tertiary/aromatic N) is 4. The summed E-state index contributed by atoms with van der Waals surface area (Å²) < 4.78 is 20.1. The number of aromatic nitrogens is 3. The highest BCUT2D eigenvalue weighted by molar-refractivity contribution is 5.77. The number of pyridine rings is 1. The molecule has 1 aromatic carbocycles. The van der Waals surface area contributed by atoms with E-state index in [1.807, 2.05) is 0 Å². The molecule has 3 aromatic heterocycles. The van der Waals surface area contributed by atoms with Gasteiger partial charge in [0.1, 0.15) is 29.0 Å². The topological polar surface area (TPSA) is 93.7 Å². The largest absolute Gasteiger partial charge is 0.464 e. The molecule has 0 fully saturated rings. The van der Waals surface area contributed by atoms with Crippen LogP contribution >= 0.6 is 0 Å². The van der Waals surface area contributed by atoms with E-state index in [4.69, 9.17) is 10.2 Å². The zero-order valence-corrected chi connectivity index (χ0v) is 13.4. The number of hydrogen-bond donors (Lipinski definition) is 1. The monoisotopic (exact) mass is 345 g/mol. The van der Waals surface area contributed by atoms with Crippen LogP contribution in [0.4, 0.5) is 10.2 Å². The molecule has 2 N–H and O–H groups in total. The first kappa shape index (κ1) is 15.6. The van der Waals surface area contributed by atoms with Gasteiger partial charge < -0.3 is 10.2 Å². The summed E-state index contributed by atoms with van der Waals surface area (Å²) in [6, 6.07) is 13.3. The molecule has 0 saturated heterocycles. The molecule has 0 aliphatic heterocycles. The second kappa shape index (κ2) is 6.18. The molecule has 0 amide bonds. The van der Waals surface area contributed by atoms with E-state index in [2.05, 4.69) is 16.2 Å². The predicted octanol–water partition coefficient (Wildman–Crippen LogP) is 3.79. The van der Waals surface area contributed by atoms with Gasteiger partial charge in [-0.2, -0.15) is 10.4 Å². The predicted molar refractivity (Wildman–Crippen MR) is 93.6 cm³/mol. The fourth-order valence-electron chi connectivity index (χ4n) is 2.65. The maximum absolute atomic E-state index is 13.1. The molecule has 126 valence electrons. The number of anilines is 1. The lowest BCUT2D eigenvalue weighted by Gasteiger charge is -2.06. The standard InChI is InChI=1S/C19H12FN5O/c20-13-3-5-14(6-4-13)25-11-12(10-23-25)17-8-15(18-2-1-7-26-18)16(9-21)19(22)24-17/h1-8,10-11H,(H2,22,24). The second-order valence-electron chi connectivity index (χ2n) is 5.55. The van der Waals surface area contributed by atoms with Crippen molar-refractivity contribution >= 4 is 5.82 Å². The SMILES string of the molecule is N#Cc1c(-c2ccco2)cc(-c2cnn(-c3ccc(F)cc3)c2)nc1N. The van der Waals surface area contributed by atoms with Gasteiger partial charge >= 0.3 is 0 Å². The Morgan fingerprint density at radius 3 is 2.69 bits per heavy atom. The van der Waals surface area contributed by atoms with Crippen LogP contribution < -0.4 is 5.73 Å². The fraction of sp³-hybridized carbons (Fsp3) is 0. The summed E-state index contributed by atoms with van der Waals surface area (Å²) in [6.07, 6.45) is 4.91. The molecule has 6 nitrogen and oxygen atoms in total. The van der Waals surface area contributed by atoms with Crippen molar-refractivity contribution in [1.29, 1.82) is 5.26 Å². The van der Waals surface area contributed by atoms with Crippen molar-refractivity contribution in [3.05, 3.63) is 72.5 Å². The Morgan fingerprint density at radius 2 is 2.00 bits per heavy atom. The molecule has 7 heteroatoms. The van der Waals surface area contributed by atoms with Crippen molar-refractivity contribution < 1.29 is 8.81 Å². The number of nitriles is 1. The molecule has 4 aromatic rings. The molecule has 0 radical (unpaired) electrons. The van der Waals surface area contributed by atoms with Crippen LogP contribution in [-0.4, -0.2) is 14.8 Å². The van der Waals surface area contributed by atoms with E-state index >= 15 is 0 Å². The molecule has 0 saturated carbocycles. The first-order valence-corrected chi connectivity index (χ1v) is 7.71. The number of rotatable bonds is 3. The molecule has 0 spiro atoms. The lowest BCUT2D eigenvalue weighted by atomic mass is 10.0. The van der Waals surface area contributed by atoms with Gasteiger partial charge in [-0.1, -0.05) is 0 Å². The molecule has 0 aliphatic rings. The molecule has 0 bridgehead atoms. The summed E-state index contributed by atoms with van der Waals surface area (Å²) in [4.78, 5) is 4.31. The van der Waals surface area contributed by atoms with E-state index in [1.54, 1.807) is 47.4 Å². The van der Waals surface area contributed by atoms with Crippen LogP contribution in [0.1, 0.15) is 5.56 Å². The first-order valence-electron chi connectivity index (χ1n) is 7.71. The van der Waals surface area contributed by atoms with E-state index < -0.39 is 0 Å². The summed E-state index contributed by atoms with van der Waals surface area (Å²) in [7, 11) is 0. The quantitative estimate of drug-likeness (QED) is 0.610. The van der Waals surface area contributed by atoms with E-state index in [0.717, 1.165) is 0 Å². The third-order valence-electron chi connectivity index (χ3n) is 3.92. The van der Waals surface area contributed by atoms with Gasteiger partial charge in [-0.05, 0) is 42.5 Å². The Bertz CT molecular complexity index is 1110. The number of nitrogens with two attached hydrogens (primary N) is 1. The third-order valence-corrected chi connectivity index (χ3v) is 3.92. The highest BCUT2D eigenvalue weighted by atomic mass is 19.1. The molecule has 0 atom stereocenters. The van der Waals surface area contributed by atoms with Crippen molar-refractivity contribution in [2.24, 2.45) is 0 Å².